The van der Waals surface area contributed by atoms with Crippen LogP contribution < -0.4 is 19.1 Å². The lowest BCUT2D eigenvalue weighted by Gasteiger charge is -2.23. The van der Waals surface area contributed by atoms with Gasteiger partial charge in [0.15, 0.2) is 5.13 Å². The van der Waals surface area contributed by atoms with Gasteiger partial charge in [-0.05, 0) is 54.4 Å². The van der Waals surface area contributed by atoms with Crippen molar-refractivity contribution in [1.29, 1.82) is 0 Å². The quantitative estimate of drug-likeness (QED) is 0.117. The number of hydrogen-bond acceptors (Lipinski definition) is 8. The maximum Gasteiger partial charge on any atom is 0.301 e. The molecule has 5 rings (SSSR count). The minimum atomic E-state index is -0.900. The Morgan fingerprint density at radius 3 is 2.41 bits per heavy atom. The number of aliphatic hydroxyl groups is 1. The number of methoxy groups -OCH3 is 2. The fourth-order valence-corrected chi connectivity index (χ4v) is 5.50. The molecule has 200 valence electrons. The number of aromatic nitrogens is 1. The van der Waals surface area contributed by atoms with Crippen molar-refractivity contribution in [3.8, 4) is 17.2 Å². The third-order valence-corrected chi connectivity index (χ3v) is 7.56. The summed E-state index contributed by atoms with van der Waals surface area (Å²) >= 11 is 1.27. The smallest absolute Gasteiger partial charge is 0.301 e. The fraction of sp³-hybridized carbons (Fsp3) is 0.233. The van der Waals surface area contributed by atoms with Crippen LogP contribution in [0.2, 0.25) is 0 Å². The van der Waals surface area contributed by atoms with E-state index in [-0.39, 0.29) is 11.3 Å². The maximum atomic E-state index is 13.5. The number of carbonyl (C=O) groups is 2. The number of ketones is 1. The molecule has 1 amide bonds. The lowest BCUT2D eigenvalue weighted by Crippen LogP contribution is -2.29. The van der Waals surface area contributed by atoms with Crippen molar-refractivity contribution in [3.63, 3.8) is 0 Å². The fourth-order valence-electron chi connectivity index (χ4n) is 4.47. The summed E-state index contributed by atoms with van der Waals surface area (Å²) in [6.45, 7) is 2.69. The van der Waals surface area contributed by atoms with Crippen LogP contribution in [0, 0.1) is 0 Å². The van der Waals surface area contributed by atoms with E-state index in [1.54, 1.807) is 67.8 Å². The largest absolute Gasteiger partial charge is 0.507 e. The zero-order valence-corrected chi connectivity index (χ0v) is 22.7. The van der Waals surface area contributed by atoms with Gasteiger partial charge in [0.2, 0.25) is 0 Å². The van der Waals surface area contributed by atoms with Crippen LogP contribution in [0.1, 0.15) is 36.9 Å². The molecule has 0 bridgehead atoms. The molecule has 8 nitrogen and oxygen atoms in total. The number of nitrogens with zero attached hydrogens (tertiary/aromatic N) is 2. The van der Waals surface area contributed by atoms with Crippen LogP contribution in [0.5, 0.6) is 17.2 Å². The van der Waals surface area contributed by atoms with Gasteiger partial charge >= 0.3 is 5.91 Å². The van der Waals surface area contributed by atoms with Crippen LogP contribution in [0.25, 0.3) is 16.0 Å². The van der Waals surface area contributed by atoms with Crippen molar-refractivity contribution in [2.24, 2.45) is 0 Å². The second-order valence-electron chi connectivity index (χ2n) is 9.00. The van der Waals surface area contributed by atoms with Gasteiger partial charge in [0.25, 0.3) is 5.78 Å². The second-order valence-corrected chi connectivity index (χ2v) is 10.0. The highest BCUT2D eigenvalue weighted by atomic mass is 32.1. The molecule has 1 atom stereocenters. The average molecular weight is 545 g/mol. The monoisotopic (exact) mass is 544 g/mol. The van der Waals surface area contributed by atoms with Crippen molar-refractivity contribution < 1.29 is 28.9 Å². The Hall–Kier alpha value is -4.37. The second kappa shape index (κ2) is 11.2. The first-order chi connectivity index (χ1) is 18.9. The minimum Gasteiger partial charge on any atom is -0.507 e. The van der Waals surface area contributed by atoms with E-state index in [9.17, 15) is 14.7 Å². The molecule has 0 saturated carbocycles. The lowest BCUT2D eigenvalue weighted by molar-refractivity contribution is -0.132. The van der Waals surface area contributed by atoms with Gasteiger partial charge in [-0.1, -0.05) is 48.9 Å². The number of unbranched alkanes of at least 4 members (excludes halogenated alkanes) is 1. The number of fused-ring (bicyclic) bond motifs is 1. The minimum absolute atomic E-state index is 0.0234. The lowest BCUT2D eigenvalue weighted by atomic mass is 9.95. The van der Waals surface area contributed by atoms with Gasteiger partial charge in [-0.15, -0.1) is 0 Å². The summed E-state index contributed by atoms with van der Waals surface area (Å²) in [6, 6.07) is 18.5. The Balaban J connectivity index is 1.64. The molecule has 1 N–H and O–H groups in total. The van der Waals surface area contributed by atoms with E-state index in [0.29, 0.717) is 45.6 Å². The first kappa shape index (κ1) is 26.2. The Morgan fingerprint density at radius 1 is 0.974 bits per heavy atom. The Morgan fingerprint density at radius 2 is 1.69 bits per heavy atom. The summed E-state index contributed by atoms with van der Waals surface area (Å²) in [6.07, 6.45) is 1.95. The van der Waals surface area contributed by atoms with E-state index < -0.39 is 17.7 Å². The molecule has 9 heteroatoms. The average Bonchev–Trinajstić information content (AvgIpc) is 3.50. The number of amides is 1. The van der Waals surface area contributed by atoms with E-state index >= 15 is 0 Å². The SMILES string of the molecule is CCCCOc1ccc(C2C(=C(O)c3cccc(OC)c3)C(=O)C(=O)N2c2nc3ccc(OC)cc3s2)cc1. The van der Waals surface area contributed by atoms with Crippen molar-refractivity contribution >= 4 is 44.1 Å². The van der Waals surface area contributed by atoms with E-state index in [2.05, 4.69) is 11.9 Å². The third kappa shape index (κ3) is 5.05. The first-order valence-corrected chi connectivity index (χ1v) is 13.4. The molecule has 4 aromatic rings. The molecule has 1 aromatic heterocycles. The van der Waals surface area contributed by atoms with Gasteiger partial charge in [-0.3, -0.25) is 14.5 Å². The van der Waals surface area contributed by atoms with Gasteiger partial charge in [-0.2, -0.15) is 0 Å². The molecule has 3 aromatic carbocycles. The van der Waals surface area contributed by atoms with Gasteiger partial charge in [-0.25, -0.2) is 4.98 Å². The molecule has 1 unspecified atom stereocenters. The van der Waals surface area contributed by atoms with Gasteiger partial charge in [0.1, 0.15) is 23.0 Å². The van der Waals surface area contributed by atoms with Crippen LogP contribution in [0.4, 0.5) is 5.13 Å². The zero-order valence-electron chi connectivity index (χ0n) is 21.8. The van der Waals surface area contributed by atoms with Crippen LogP contribution in [-0.2, 0) is 9.59 Å². The topological polar surface area (TPSA) is 98.2 Å². The Labute approximate surface area is 230 Å². The molecule has 0 radical (unpaired) electrons. The van der Waals surface area contributed by atoms with E-state index in [1.807, 2.05) is 6.07 Å². The number of anilines is 1. The summed E-state index contributed by atoms with van der Waals surface area (Å²) in [5.41, 5.74) is 1.65. The van der Waals surface area contributed by atoms with Crippen LogP contribution in [0.3, 0.4) is 0 Å². The summed E-state index contributed by atoms with van der Waals surface area (Å²) in [5.74, 6) is 0.0144. The molecular formula is C30H28N2O6S. The van der Waals surface area contributed by atoms with E-state index in [4.69, 9.17) is 14.2 Å². The van der Waals surface area contributed by atoms with Crippen molar-refractivity contribution in [2.45, 2.75) is 25.8 Å². The molecule has 2 heterocycles. The highest BCUT2D eigenvalue weighted by Gasteiger charge is 2.48. The zero-order chi connectivity index (χ0) is 27.5. The van der Waals surface area contributed by atoms with Gasteiger partial charge < -0.3 is 19.3 Å². The van der Waals surface area contributed by atoms with Gasteiger partial charge in [0.05, 0.1) is 42.7 Å². The summed E-state index contributed by atoms with van der Waals surface area (Å²) in [4.78, 5) is 33.0. The summed E-state index contributed by atoms with van der Waals surface area (Å²) < 4.78 is 17.2. The van der Waals surface area contributed by atoms with E-state index in [0.717, 1.165) is 17.5 Å². The Bertz CT molecular complexity index is 1560. The van der Waals surface area contributed by atoms with Crippen molar-refractivity contribution in [2.75, 3.05) is 25.7 Å². The van der Waals surface area contributed by atoms with Crippen LogP contribution in [0.15, 0.2) is 72.3 Å². The van der Waals surface area contributed by atoms with Crippen LogP contribution in [-0.4, -0.2) is 42.6 Å². The molecule has 1 aliphatic rings. The normalized spacial score (nSPS) is 16.6. The number of benzene rings is 3. The molecule has 1 aliphatic heterocycles. The molecule has 0 spiro atoms. The predicted octanol–water partition coefficient (Wildman–Crippen LogP) is 6.12. The highest BCUT2D eigenvalue weighted by Crippen LogP contribution is 2.45. The van der Waals surface area contributed by atoms with Crippen LogP contribution >= 0.6 is 11.3 Å². The number of thiazole rings is 1. The number of hydrogen-bond donors (Lipinski definition) is 1. The standard InChI is InChI=1S/C30H28N2O6S/c1-4-5-15-38-20-11-9-18(10-12-20)26-25(27(33)19-7-6-8-21(16-19)36-2)28(34)29(35)32(26)30-31-23-14-13-22(37-3)17-24(23)39-30/h6-14,16-17,26,33H,4-5,15H2,1-3H3. The molecule has 1 saturated heterocycles. The Kier molecular flexibility index (Phi) is 7.51. The number of ether oxygens (including phenoxy) is 3. The van der Waals surface area contributed by atoms with Crippen molar-refractivity contribution in [3.05, 3.63) is 83.4 Å². The maximum absolute atomic E-state index is 13.5. The molecule has 0 aliphatic carbocycles. The number of rotatable bonds is 9. The van der Waals surface area contributed by atoms with Crippen molar-refractivity contribution in [1.82, 2.24) is 4.98 Å². The van der Waals surface area contributed by atoms with Gasteiger partial charge in [0, 0.05) is 5.56 Å². The highest BCUT2D eigenvalue weighted by molar-refractivity contribution is 7.22. The number of carbonyl (C=O) groups excluding carboxylic acids is 2. The molecule has 1 fully saturated rings. The summed E-state index contributed by atoms with van der Waals surface area (Å²) in [7, 11) is 3.10. The number of Topliss-reactive ketones (excluding diaryl/α,β-unsaturated/α-hetero) is 1. The third-order valence-electron chi connectivity index (χ3n) is 6.54. The summed E-state index contributed by atoms with van der Waals surface area (Å²) in [5, 5.41) is 11.7. The molecular weight excluding hydrogens is 516 g/mol. The number of aliphatic hydroxyl groups excluding tert-OH is 1. The first-order valence-electron chi connectivity index (χ1n) is 12.6. The predicted molar refractivity (Wildman–Crippen MR) is 151 cm³/mol. The van der Waals surface area contributed by atoms with E-state index in [1.165, 1.54) is 23.3 Å². The molecule has 39 heavy (non-hydrogen) atoms.